The molecule has 0 bridgehead atoms. The number of hydrogen-bond donors (Lipinski definition) is 1. The van der Waals surface area contributed by atoms with E-state index in [0.29, 0.717) is 33.7 Å². The van der Waals surface area contributed by atoms with Gasteiger partial charge in [0.15, 0.2) is 0 Å². The lowest BCUT2D eigenvalue weighted by atomic mass is 10.0. The lowest BCUT2D eigenvalue weighted by Crippen LogP contribution is -2.28. The predicted octanol–water partition coefficient (Wildman–Crippen LogP) is 5.39. The molecule has 1 aliphatic rings. The minimum Gasteiger partial charge on any atom is -0.458 e. The number of esters is 1. The SMILES string of the molecule is C=CCOC(=O)C1=C(C)Nc2nc(SCc3ccccc3F)nn2C1/C=C/c1ccccc1. The number of nitrogens with zero attached hydrogens (tertiary/aromatic N) is 3. The van der Waals surface area contributed by atoms with Crippen LogP contribution in [0.15, 0.2) is 89.8 Å². The summed E-state index contributed by atoms with van der Waals surface area (Å²) in [6.45, 7) is 5.52. The average molecular weight is 463 g/mol. The van der Waals surface area contributed by atoms with Crippen LogP contribution in [0.4, 0.5) is 10.3 Å². The minimum absolute atomic E-state index is 0.110. The summed E-state index contributed by atoms with van der Waals surface area (Å²) in [7, 11) is 0. The van der Waals surface area contributed by atoms with Crippen LogP contribution in [0.5, 0.6) is 0 Å². The van der Waals surface area contributed by atoms with Crippen molar-refractivity contribution in [1.29, 1.82) is 0 Å². The predicted molar refractivity (Wildman–Crippen MR) is 128 cm³/mol. The lowest BCUT2D eigenvalue weighted by molar-refractivity contribution is -0.138. The maximum atomic E-state index is 14.0. The van der Waals surface area contributed by atoms with E-state index in [9.17, 15) is 9.18 Å². The Morgan fingerprint density at radius 3 is 2.76 bits per heavy atom. The molecule has 1 atom stereocenters. The van der Waals surface area contributed by atoms with E-state index in [1.165, 1.54) is 23.9 Å². The molecule has 0 fully saturated rings. The van der Waals surface area contributed by atoms with Crippen molar-refractivity contribution in [2.75, 3.05) is 11.9 Å². The Kier molecular flexibility index (Phi) is 7.04. The molecule has 8 heteroatoms. The third-order valence-electron chi connectivity index (χ3n) is 5.01. The Hall–Kier alpha value is -3.65. The number of aromatic nitrogens is 3. The molecule has 3 aromatic rings. The molecule has 33 heavy (non-hydrogen) atoms. The van der Waals surface area contributed by atoms with E-state index in [1.54, 1.807) is 29.8 Å². The van der Waals surface area contributed by atoms with Gasteiger partial charge in [0.05, 0.1) is 5.57 Å². The Bertz CT molecular complexity index is 1220. The summed E-state index contributed by atoms with van der Waals surface area (Å²) in [5.41, 5.74) is 2.64. The number of thioether (sulfide) groups is 1. The van der Waals surface area contributed by atoms with Gasteiger partial charge in [0.25, 0.3) is 0 Å². The molecule has 0 amide bonds. The fourth-order valence-electron chi connectivity index (χ4n) is 3.41. The molecular formula is C25H23FN4O2S. The van der Waals surface area contributed by atoms with E-state index in [-0.39, 0.29) is 12.4 Å². The quantitative estimate of drug-likeness (QED) is 0.275. The summed E-state index contributed by atoms with van der Waals surface area (Å²) < 4.78 is 21.0. The molecule has 0 aliphatic carbocycles. The third-order valence-corrected chi connectivity index (χ3v) is 5.90. The third kappa shape index (κ3) is 5.23. The number of carbonyl (C=O) groups is 1. The van der Waals surface area contributed by atoms with Gasteiger partial charge in [0, 0.05) is 11.4 Å². The highest BCUT2D eigenvalue weighted by atomic mass is 32.2. The molecule has 168 valence electrons. The number of anilines is 1. The number of rotatable bonds is 8. The monoisotopic (exact) mass is 462 g/mol. The van der Waals surface area contributed by atoms with Gasteiger partial charge in [-0.05, 0) is 24.1 Å². The van der Waals surface area contributed by atoms with Gasteiger partial charge in [-0.2, -0.15) is 4.98 Å². The van der Waals surface area contributed by atoms with E-state index in [0.717, 1.165) is 5.56 Å². The van der Waals surface area contributed by atoms with Crippen molar-refractivity contribution >= 4 is 29.8 Å². The Morgan fingerprint density at radius 2 is 2.00 bits per heavy atom. The van der Waals surface area contributed by atoms with Crippen molar-refractivity contribution in [1.82, 2.24) is 14.8 Å². The molecule has 4 rings (SSSR count). The zero-order valence-electron chi connectivity index (χ0n) is 18.1. The lowest BCUT2D eigenvalue weighted by Gasteiger charge is -2.25. The van der Waals surface area contributed by atoms with Crippen molar-refractivity contribution in [3.05, 3.63) is 102 Å². The first-order chi connectivity index (χ1) is 16.1. The average Bonchev–Trinajstić information content (AvgIpc) is 3.23. The van der Waals surface area contributed by atoms with E-state index >= 15 is 0 Å². The zero-order chi connectivity index (χ0) is 23.2. The van der Waals surface area contributed by atoms with Gasteiger partial charge in [0.2, 0.25) is 11.1 Å². The molecule has 0 spiro atoms. The molecule has 0 radical (unpaired) electrons. The van der Waals surface area contributed by atoms with Crippen LogP contribution in [0.2, 0.25) is 0 Å². The van der Waals surface area contributed by atoms with Crippen LogP contribution in [0.3, 0.4) is 0 Å². The van der Waals surface area contributed by atoms with E-state index in [1.807, 2.05) is 42.5 Å². The highest BCUT2D eigenvalue weighted by molar-refractivity contribution is 7.98. The van der Waals surface area contributed by atoms with Crippen molar-refractivity contribution in [2.24, 2.45) is 0 Å². The standard InChI is InChI=1S/C25H23FN4O2S/c1-3-15-32-23(31)22-17(2)27-24-28-25(33-16-19-11-7-8-12-20(19)26)29-30(24)21(22)14-13-18-9-5-4-6-10-18/h3-14,21H,1,15-16H2,2H3,(H,27,28,29)/b14-13+. The smallest absolute Gasteiger partial charge is 0.338 e. The molecular weight excluding hydrogens is 439 g/mol. The Morgan fingerprint density at radius 1 is 1.24 bits per heavy atom. The van der Waals surface area contributed by atoms with Gasteiger partial charge in [-0.15, -0.1) is 5.10 Å². The van der Waals surface area contributed by atoms with Crippen LogP contribution in [-0.4, -0.2) is 27.3 Å². The number of fused-ring (bicyclic) bond motifs is 1. The summed E-state index contributed by atoms with van der Waals surface area (Å²) >= 11 is 1.33. The fraction of sp³-hybridized carbons (Fsp3) is 0.160. The van der Waals surface area contributed by atoms with Gasteiger partial charge < -0.3 is 10.1 Å². The van der Waals surface area contributed by atoms with Crippen molar-refractivity contribution in [3.8, 4) is 0 Å². The molecule has 0 saturated carbocycles. The molecule has 2 heterocycles. The zero-order valence-corrected chi connectivity index (χ0v) is 18.9. The van der Waals surface area contributed by atoms with E-state index < -0.39 is 12.0 Å². The topological polar surface area (TPSA) is 69.0 Å². The summed E-state index contributed by atoms with van der Waals surface area (Å²) in [6.07, 6.45) is 5.35. The molecule has 1 unspecified atom stereocenters. The normalized spacial score (nSPS) is 15.3. The van der Waals surface area contributed by atoms with Crippen LogP contribution < -0.4 is 5.32 Å². The Labute approximate surface area is 195 Å². The summed E-state index contributed by atoms with van der Waals surface area (Å²) in [4.78, 5) is 17.4. The van der Waals surface area contributed by atoms with E-state index in [2.05, 4.69) is 22.0 Å². The van der Waals surface area contributed by atoms with Crippen molar-refractivity contribution in [3.63, 3.8) is 0 Å². The summed E-state index contributed by atoms with van der Waals surface area (Å²) in [6, 6.07) is 15.9. The van der Waals surface area contributed by atoms with Crippen LogP contribution in [0.1, 0.15) is 24.1 Å². The number of allylic oxidation sites excluding steroid dienone is 2. The summed E-state index contributed by atoms with van der Waals surface area (Å²) in [5, 5.41) is 8.23. The van der Waals surface area contributed by atoms with Gasteiger partial charge >= 0.3 is 5.97 Å². The maximum Gasteiger partial charge on any atom is 0.338 e. The number of hydrogen-bond acceptors (Lipinski definition) is 6. The Balaban J connectivity index is 1.64. The van der Waals surface area contributed by atoms with Gasteiger partial charge in [-0.1, -0.05) is 85.1 Å². The van der Waals surface area contributed by atoms with Crippen molar-refractivity contribution in [2.45, 2.75) is 23.9 Å². The molecule has 1 aromatic heterocycles. The van der Waals surface area contributed by atoms with Crippen LogP contribution in [0, 0.1) is 5.82 Å². The largest absolute Gasteiger partial charge is 0.458 e. The second-order valence-electron chi connectivity index (χ2n) is 7.31. The van der Waals surface area contributed by atoms with Gasteiger partial charge in [-0.25, -0.2) is 13.9 Å². The van der Waals surface area contributed by atoms with Crippen molar-refractivity contribution < 1.29 is 13.9 Å². The molecule has 1 N–H and O–H groups in total. The van der Waals surface area contributed by atoms with Gasteiger partial charge in [0.1, 0.15) is 18.5 Å². The second-order valence-corrected chi connectivity index (χ2v) is 8.25. The van der Waals surface area contributed by atoms with Crippen LogP contribution in [-0.2, 0) is 15.3 Å². The molecule has 2 aromatic carbocycles. The first kappa shape index (κ1) is 22.5. The highest BCUT2D eigenvalue weighted by Gasteiger charge is 2.32. The molecule has 0 saturated heterocycles. The summed E-state index contributed by atoms with van der Waals surface area (Å²) in [5.74, 6) is 0.178. The maximum absolute atomic E-state index is 14.0. The highest BCUT2D eigenvalue weighted by Crippen LogP contribution is 2.34. The second kappa shape index (κ2) is 10.3. The molecule has 1 aliphatic heterocycles. The molecule has 6 nitrogen and oxygen atoms in total. The minimum atomic E-state index is -0.519. The number of halogens is 1. The number of carbonyl (C=O) groups excluding carboxylic acids is 1. The van der Waals surface area contributed by atoms with Gasteiger partial charge in [-0.3, -0.25) is 0 Å². The number of benzene rings is 2. The fourth-order valence-corrected chi connectivity index (χ4v) is 4.23. The number of nitrogens with one attached hydrogen (secondary N) is 1. The van der Waals surface area contributed by atoms with E-state index in [4.69, 9.17) is 4.74 Å². The van der Waals surface area contributed by atoms with Crippen LogP contribution >= 0.6 is 11.8 Å². The number of ether oxygens (including phenoxy) is 1. The van der Waals surface area contributed by atoms with Crippen LogP contribution in [0.25, 0.3) is 6.08 Å². The first-order valence-corrected chi connectivity index (χ1v) is 11.4. The first-order valence-electron chi connectivity index (χ1n) is 10.4.